The van der Waals surface area contributed by atoms with Crippen molar-refractivity contribution in [3.8, 4) is 0 Å². The lowest BCUT2D eigenvalue weighted by Gasteiger charge is -2.24. The van der Waals surface area contributed by atoms with Crippen molar-refractivity contribution in [3.63, 3.8) is 0 Å². The van der Waals surface area contributed by atoms with E-state index in [1.165, 1.54) is 51.4 Å². The van der Waals surface area contributed by atoms with Crippen LogP contribution in [0.25, 0.3) is 0 Å². The van der Waals surface area contributed by atoms with E-state index in [0.717, 1.165) is 5.92 Å². The first-order valence-electron chi connectivity index (χ1n) is 6.49. The lowest BCUT2D eigenvalue weighted by molar-refractivity contribution is 0.0534. The highest BCUT2D eigenvalue weighted by Crippen LogP contribution is 2.40. The summed E-state index contributed by atoms with van der Waals surface area (Å²) in [4.78, 5) is 0. The maximum Gasteiger partial charge on any atom is 0.0596 e. The van der Waals surface area contributed by atoms with Gasteiger partial charge in [-0.15, -0.1) is 0 Å². The summed E-state index contributed by atoms with van der Waals surface area (Å²) in [6.07, 6.45) is 10.6. The predicted octanol–water partition coefficient (Wildman–Crippen LogP) is 3.36. The van der Waals surface area contributed by atoms with Crippen molar-refractivity contribution in [2.45, 2.75) is 64.4 Å². The van der Waals surface area contributed by atoms with Gasteiger partial charge in [0, 0.05) is 0 Å². The second-order valence-corrected chi connectivity index (χ2v) is 5.38. The van der Waals surface area contributed by atoms with Gasteiger partial charge in [-0.2, -0.15) is 0 Å². The van der Waals surface area contributed by atoms with Crippen LogP contribution in [0.15, 0.2) is 0 Å². The van der Waals surface area contributed by atoms with Crippen molar-refractivity contribution in [2.75, 3.05) is 0 Å². The molecule has 0 aliphatic heterocycles. The van der Waals surface area contributed by atoms with Crippen LogP contribution in [-0.4, -0.2) is 11.2 Å². The second kappa shape index (κ2) is 4.65. The predicted molar refractivity (Wildman–Crippen MR) is 59.1 cm³/mol. The molecule has 14 heavy (non-hydrogen) atoms. The Kier molecular flexibility index (Phi) is 3.48. The van der Waals surface area contributed by atoms with Crippen LogP contribution in [0.4, 0.5) is 0 Å². The van der Waals surface area contributed by atoms with Crippen LogP contribution in [0.2, 0.25) is 0 Å². The normalized spacial score (nSPS) is 36.4. The average molecular weight is 196 g/mol. The van der Waals surface area contributed by atoms with Crippen LogP contribution in [0.3, 0.4) is 0 Å². The van der Waals surface area contributed by atoms with Crippen LogP contribution in [0, 0.1) is 17.8 Å². The fourth-order valence-corrected chi connectivity index (χ4v) is 3.48. The molecule has 1 nitrogen and oxygen atoms in total. The minimum Gasteiger partial charge on any atom is -0.393 e. The lowest BCUT2D eigenvalue weighted by atomic mass is 9.88. The fraction of sp³-hybridized carbons (Fsp3) is 1.00. The maximum atomic E-state index is 10.3. The molecular formula is C13H24O. The molecule has 2 rings (SSSR count). The summed E-state index contributed by atoms with van der Waals surface area (Å²) in [7, 11) is 0. The van der Waals surface area contributed by atoms with E-state index in [1.807, 2.05) is 0 Å². The Bertz CT molecular complexity index is 172. The maximum absolute atomic E-state index is 10.3. The third kappa shape index (κ3) is 2.13. The highest BCUT2D eigenvalue weighted by Gasteiger charge is 2.34. The van der Waals surface area contributed by atoms with Gasteiger partial charge in [-0.1, -0.05) is 32.6 Å². The third-order valence-electron chi connectivity index (χ3n) is 4.52. The van der Waals surface area contributed by atoms with E-state index in [9.17, 15) is 5.11 Å². The van der Waals surface area contributed by atoms with Crippen molar-refractivity contribution in [3.05, 3.63) is 0 Å². The van der Waals surface area contributed by atoms with Crippen LogP contribution >= 0.6 is 0 Å². The Morgan fingerprint density at radius 1 is 1.07 bits per heavy atom. The quantitative estimate of drug-likeness (QED) is 0.734. The van der Waals surface area contributed by atoms with Crippen LogP contribution in [0.5, 0.6) is 0 Å². The number of hydrogen-bond donors (Lipinski definition) is 1. The standard InChI is InChI=1S/C13H24O/c1-2-10-7-8-12(9-10)13(14)11-5-3-4-6-11/h10-14H,2-9H2,1H3. The van der Waals surface area contributed by atoms with Gasteiger partial charge in [0.25, 0.3) is 0 Å². The Hall–Kier alpha value is -0.0400. The van der Waals surface area contributed by atoms with Crippen LogP contribution in [-0.2, 0) is 0 Å². The third-order valence-corrected chi connectivity index (χ3v) is 4.52. The summed E-state index contributed by atoms with van der Waals surface area (Å²) in [5, 5.41) is 10.3. The SMILES string of the molecule is CCC1CCC(C(O)C2CCCC2)C1. The molecule has 0 bridgehead atoms. The van der Waals surface area contributed by atoms with E-state index < -0.39 is 0 Å². The molecule has 3 atom stereocenters. The molecule has 2 saturated carbocycles. The average Bonchev–Trinajstić information content (AvgIpc) is 2.88. The molecule has 0 radical (unpaired) electrons. The van der Waals surface area contributed by atoms with E-state index in [0.29, 0.717) is 11.8 Å². The Labute approximate surface area is 87.9 Å². The first-order chi connectivity index (χ1) is 6.81. The molecule has 0 amide bonds. The van der Waals surface area contributed by atoms with Crippen molar-refractivity contribution in [1.29, 1.82) is 0 Å². The van der Waals surface area contributed by atoms with Gasteiger partial charge in [0.1, 0.15) is 0 Å². The Morgan fingerprint density at radius 2 is 1.79 bits per heavy atom. The van der Waals surface area contributed by atoms with Crippen molar-refractivity contribution in [2.24, 2.45) is 17.8 Å². The van der Waals surface area contributed by atoms with Gasteiger partial charge >= 0.3 is 0 Å². The largest absolute Gasteiger partial charge is 0.393 e. The van der Waals surface area contributed by atoms with E-state index in [1.54, 1.807) is 0 Å². The van der Waals surface area contributed by atoms with Gasteiger partial charge in [0.2, 0.25) is 0 Å². The topological polar surface area (TPSA) is 20.2 Å². The van der Waals surface area contributed by atoms with Gasteiger partial charge in [0.05, 0.1) is 6.10 Å². The molecule has 0 aromatic heterocycles. The summed E-state index contributed by atoms with van der Waals surface area (Å²) >= 11 is 0. The number of rotatable bonds is 3. The molecule has 0 spiro atoms. The van der Waals surface area contributed by atoms with E-state index in [-0.39, 0.29) is 6.10 Å². The van der Waals surface area contributed by atoms with Crippen molar-refractivity contribution >= 4 is 0 Å². The minimum atomic E-state index is 0.0362. The molecule has 0 saturated heterocycles. The molecule has 2 aliphatic rings. The van der Waals surface area contributed by atoms with E-state index in [2.05, 4.69) is 6.92 Å². The molecule has 3 unspecified atom stereocenters. The Morgan fingerprint density at radius 3 is 2.36 bits per heavy atom. The van der Waals surface area contributed by atoms with Crippen LogP contribution in [0.1, 0.15) is 58.3 Å². The number of aliphatic hydroxyl groups excluding tert-OH is 1. The molecule has 1 N–H and O–H groups in total. The Balaban J connectivity index is 1.83. The molecule has 2 fully saturated rings. The summed E-state index contributed by atoms with van der Waals surface area (Å²) in [6, 6.07) is 0. The molecule has 0 aromatic rings. The molecule has 82 valence electrons. The minimum absolute atomic E-state index is 0.0362. The van der Waals surface area contributed by atoms with Gasteiger partial charge in [0.15, 0.2) is 0 Å². The lowest BCUT2D eigenvalue weighted by Crippen LogP contribution is -2.26. The first-order valence-corrected chi connectivity index (χ1v) is 6.49. The monoisotopic (exact) mass is 196 g/mol. The zero-order valence-corrected chi connectivity index (χ0v) is 9.41. The number of hydrogen-bond acceptors (Lipinski definition) is 1. The summed E-state index contributed by atoms with van der Waals surface area (Å²) in [5.74, 6) is 2.20. The fourth-order valence-electron chi connectivity index (χ4n) is 3.48. The molecule has 2 aliphatic carbocycles. The van der Waals surface area contributed by atoms with Gasteiger partial charge in [-0.3, -0.25) is 0 Å². The molecule has 0 aromatic carbocycles. The van der Waals surface area contributed by atoms with Gasteiger partial charge in [-0.05, 0) is 43.4 Å². The van der Waals surface area contributed by atoms with E-state index in [4.69, 9.17) is 0 Å². The van der Waals surface area contributed by atoms with E-state index >= 15 is 0 Å². The van der Waals surface area contributed by atoms with Crippen molar-refractivity contribution < 1.29 is 5.11 Å². The molecule has 1 heteroatoms. The molecule has 0 heterocycles. The smallest absolute Gasteiger partial charge is 0.0596 e. The van der Waals surface area contributed by atoms with Crippen molar-refractivity contribution in [1.82, 2.24) is 0 Å². The van der Waals surface area contributed by atoms with Crippen LogP contribution < -0.4 is 0 Å². The van der Waals surface area contributed by atoms with Gasteiger partial charge < -0.3 is 5.11 Å². The highest BCUT2D eigenvalue weighted by molar-refractivity contribution is 4.85. The van der Waals surface area contributed by atoms with Gasteiger partial charge in [-0.25, -0.2) is 0 Å². The zero-order valence-electron chi connectivity index (χ0n) is 9.41. The summed E-state index contributed by atoms with van der Waals surface area (Å²) < 4.78 is 0. The molecular weight excluding hydrogens is 172 g/mol. The summed E-state index contributed by atoms with van der Waals surface area (Å²) in [6.45, 7) is 2.29. The highest BCUT2D eigenvalue weighted by atomic mass is 16.3. The first kappa shape index (κ1) is 10.5. The second-order valence-electron chi connectivity index (χ2n) is 5.38. The number of aliphatic hydroxyl groups is 1. The summed E-state index contributed by atoms with van der Waals surface area (Å²) in [5.41, 5.74) is 0. The zero-order chi connectivity index (χ0) is 9.97.